The van der Waals surface area contributed by atoms with Gasteiger partial charge in [0.1, 0.15) is 0 Å². The van der Waals surface area contributed by atoms with Gasteiger partial charge in [-0.05, 0) is 61.2 Å². The third-order valence-corrected chi connectivity index (χ3v) is 8.21. The second-order valence-corrected chi connectivity index (χ2v) is 10.1. The van der Waals surface area contributed by atoms with E-state index in [1.807, 2.05) is 0 Å². The quantitative estimate of drug-likeness (QED) is 0.674. The number of carbonyl (C=O) groups is 1. The molecule has 2 aromatic carbocycles. The molecule has 0 atom stereocenters. The molecule has 1 aliphatic carbocycles. The molecule has 0 spiro atoms. The van der Waals surface area contributed by atoms with E-state index in [0.717, 1.165) is 12.1 Å². The maximum atomic E-state index is 13.3. The van der Waals surface area contributed by atoms with Crippen molar-refractivity contribution >= 4 is 27.3 Å². The molecule has 0 bridgehead atoms. The van der Waals surface area contributed by atoms with Gasteiger partial charge in [-0.2, -0.15) is 13.2 Å². The van der Waals surface area contributed by atoms with E-state index in [2.05, 4.69) is 5.32 Å². The van der Waals surface area contributed by atoms with Crippen LogP contribution in [0.25, 0.3) is 0 Å². The van der Waals surface area contributed by atoms with Gasteiger partial charge in [0.2, 0.25) is 5.91 Å². The number of carbonyl (C=O) groups excluding carboxylic acids is 1. The molecule has 1 N–H and O–H groups in total. The summed E-state index contributed by atoms with van der Waals surface area (Å²) < 4.78 is 62.9. The van der Waals surface area contributed by atoms with Crippen molar-refractivity contribution in [3.63, 3.8) is 0 Å². The summed E-state index contributed by atoms with van der Waals surface area (Å²) in [7, 11) is -3.93. The van der Waals surface area contributed by atoms with Crippen LogP contribution < -0.4 is 5.32 Å². The zero-order valence-corrected chi connectivity index (χ0v) is 17.6. The molecule has 4 nitrogen and oxygen atoms in total. The largest absolute Gasteiger partial charge is 0.416 e. The van der Waals surface area contributed by atoms with Crippen LogP contribution in [0.3, 0.4) is 0 Å². The average Bonchev–Trinajstić information content (AvgIpc) is 3.20. The minimum Gasteiger partial charge on any atom is -0.354 e. The fourth-order valence-electron chi connectivity index (χ4n) is 3.75. The monoisotopic (exact) mass is 459 g/mol. The lowest BCUT2D eigenvalue weighted by Gasteiger charge is -2.27. The van der Waals surface area contributed by atoms with Crippen LogP contribution in [0.4, 0.5) is 13.2 Å². The highest BCUT2D eigenvalue weighted by molar-refractivity contribution is 7.93. The first-order chi connectivity index (χ1) is 14.1. The van der Waals surface area contributed by atoms with Crippen LogP contribution >= 0.6 is 11.6 Å². The van der Waals surface area contributed by atoms with Gasteiger partial charge in [-0.25, -0.2) is 8.42 Å². The summed E-state index contributed by atoms with van der Waals surface area (Å²) in [5.41, 5.74) is -0.126. The van der Waals surface area contributed by atoms with Gasteiger partial charge >= 0.3 is 6.18 Å². The Hall–Kier alpha value is -2.06. The molecule has 1 fully saturated rings. The standard InChI is InChI=1S/C21H21ClF3NO3S/c22-17-7-9-18(10-8-17)30(28,29)20(12-1-2-13-20)19(27)26-14-11-15-3-5-16(6-4-15)21(23,24)25/h3-10H,1-2,11-14H2,(H,26,27). The summed E-state index contributed by atoms with van der Waals surface area (Å²) >= 11 is 5.84. The lowest BCUT2D eigenvalue weighted by atomic mass is 10.1. The van der Waals surface area contributed by atoms with E-state index < -0.39 is 32.2 Å². The average molecular weight is 460 g/mol. The first-order valence-corrected chi connectivity index (χ1v) is 11.4. The van der Waals surface area contributed by atoms with E-state index in [1.165, 1.54) is 36.4 Å². The predicted octanol–water partition coefficient (Wildman–Crippen LogP) is 4.80. The van der Waals surface area contributed by atoms with Gasteiger partial charge in [0.05, 0.1) is 10.5 Å². The van der Waals surface area contributed by atoms with Crippen molar-refractivity contribution in [2.45, 2.75) is 47.9 Å². The Kier molecular flexibility index (Phi) is 6.48. The van der Waals surface area contributed by atoms with Crippen molar-refractivity contribution in [1.82, 2.24) is 5.32 Å². The molecule has 1 saturated carbocycles. The fourth-order valence-corrected chi connectivity index (χ4v) is 5.96. The minimum atomic E-state index is -4.41. The van der Waals surface area contributed by atoms with Gasteiger partial charge in [-0.1, -0.05) is 36.6 Å². The van der Waals surface area contributed by atoms with E-state index in [0.29, 0.717) is 29.8 Å². The number of halogens is 4. The van der Waals surface area contributed by atoms with Crippen LogP contribution in [0.2, 0.25) is 5.02 Å². The van der Waals surface area contributed by atoms with E-state index in [-0.39, 0.29) is 24.3 Å². The van der Waals surface area contributed by atoms with Crippen LogP contribution in [0.5, 0.6) is 0 Å². The van der Waals surface area contributed by atoms with E-state index in [1.54, 1.807) is 0 Å². The molecule has 0 heterocycles. The molecule has 2 aromatic rings. The fraction of sp³-hybridized carbons (Fsp3) is 0.381. The maximum Gasteiger partial charge on any atom is 0.416 e. The van der Waals surface area contributed by atoms with E-state index in [9.17, 15) is 26.4 Å². The molecule has 0 aliphatic heterocycles. The summed E-state index contributed by atoms with van der Waals surface area (Å²) in [5, 5.41) is 3.08. The normalized spacial score (nSPS) is 16.4. The molecular formula is C21H21ClF3NO3S. The Labute approximate surface area is 178 Å². The van der Waals surface area contributed by atoms with Crippen LogP contribution in [0.15, 0.2) is 53.4 Å². The summed E-state index contributed by atoms with van der Waals surface area (Å²) in [6.45, 7) is 0.127. The maximum absolute atomic E-state index is 13.3. The van der Waals surface area contributed by atoms with Gasteiger partial charge in [-0.3, -0.25) is 4.79 Å². The van der Waals surface area contributed by atoms with Crippen molar-refractivity contribution in [3.05, 3.63) is 64.7 Å². The number of hydrogen-bond donors (Lipinski definition) is 1. The molecule has 30 heavy (non-hydrogen) atoms. The molecule has 162 valence electrons. The number of benzene rings is 2. The molecule has 0 radical (unpaired) electrons. The summed E-state index contributed by atoms with van der Waals surface area (Å²) in [5.74, 6) is -0.568. The third kappa shape index (κ3) is 4.49. The van der Waals surface area contributed by atoms with E-state index in [4.69, 9.17) is 11.6 Å². The first kappa shape index (κ1) is 22.6. The Morgan fingerprint density at radius 3 is 2.10 bits per heavy atom. The van der Waals surface area contributed by atoms with Gasteiger partial charge in [-0.15, -0.1) is 0 Å². The van der Waals surface area contributed by atoms with Gasteiger partial charge in [0.15, 0.2) is 14.6 Å². The molecular weight excluding hydrogens is 439 g/mol. The Bertz CT molecular complexity index is 997. The summed E-state index contributed by atoms with van der Waals surface area (Å²) in [6, 6.07) is 10.4. The van der Waals surface area contributed by atoms with Crippen molar-refractivity contribution in [1.29, 1.82) is 0 Å². The van der Waals surface area contributed by atoms with Gasteiger partial charge in [0, 0.05) is 11.6 Å². The Morgan fingerprint density at radius 1 is 1.00 bits per heavy atom. The highest BCUT2D eigenvalue weighted by Crippen LogP contribution is 2.41. The lowest BCUT2D eigenvalue weighted by molar-refractivity contribution is -0.137. The Morgan fingerprint density at radius 2 is 1.57 bits per heavy atom. The number of rotatable bonds is 6. The predicted molar refractivity (Wildman–Crippen MR) is 108 cm³/mol. The number of nitrogens with one attached hydrogen (secondary N) is 1. The highest BCUT2D eigenvalue weighted by Gasteiger charge is 2.52. The zero-order valence-electron chi connectivity index (χ0n) is 16.0. The second kappa shape index (κ2) is 8.59. The van der Waals surface area contributed by atoms with Crippen molar-refractivity contribution in [2.75, 3.05) is 6.54 Å². The SMILES string of the molecule is O=C(NCCc1ccc(C(F)(F)F)cc1)C1(S(=O)(=O)c2ccc(Cl)cc2)CCCC1. The molecule has 0 aromatic heterocycles. The Balaban J connectivity index is 1.71. The molecule has 3 rings (SSSR count). The number of sulfone groups is 1. The molecule has 0 unspecified atom stereocenters. The second-order valence-electron chi connectivity index (χ2n) is 7.36. The number of alkyl halides is 3. The summed E-state index contributed by atoms with van der Waals surface area (Å²) in [6.07, 6.45) is -2.41. The number of hydrogen-bond acceptors (Lipinski definition) is 3. The van der Waals surface area contributed by atoms with Crippen molar-refractivity contribution in [3.8, 4) is 0 Å². The smallest absolute Gasteiger partial charge is 0.354 e. The van der Waals surface area contributed by atoms with Crippen LogP contribution in [-0.2, 0) is 27.2 Å². The molecule has 0 saturated heterocycles. The van der Waals surface area contributed by atoms with Crippen molar-refractivity contribution in [2.24, 2.45) is 0 Å². The minimum absolute atomic E-state index is 0.0479. The topological polar surface area (TPSA) is 63.2 Å². The highest BCUT2D eigenvalue weighted by atomic mass is 35.5. The van der Waals surface area contributed by atoms with Crippen LogP contribution in [-0.4, -0.2) is 25.6 Å². The first-order valence-electron chi connectivity index (χ1n) is 9.51. The summed E-state index contributed by atoms with van der Waals surface area (Å²) in [4.78, 5) is 13.0. The zero-order chi connectivity index (χ0) is 22.0. The number of amides is 1. The molecule has 9 heteroatoms. The van der Waals surface area contributed by atoms with Gasteiger partial charge in [0.25, 0.3) is 0 Å². The molecule has 1 amide bonds. The molecule has 1 aliphatic rings. The van der Waals surface area contributed by atoms with Crippen LogP contribution in [0, 0.1) is 0 Å². The van der Waals surface area contributed by atoms with E-state index >= 15 is 0 Å². The third-order valence-electron chi connectivity index (χ3n) is 5.44. The van der Waals surface area contributed by atoms with Gasteiger partial charge < -0.3 is 5.32 Å². The lowest BCUT2D eigenvalue weighted by Crippen LogP contribution is -2.51. The van der Waals surface area contributed by atoms with Crippen LogP contribution in [0.1, 0.15) is 36.8 Å². The van der Waals surface area contributed by atoms with Crippen molar-refractivity contribution < 1.29 is 26.4 Å².